The summed E-state index contributed by atoms with van der Waals surface area (Å²) in [4.78, 5) is 12.2. The first-order valence-electron chi connectivity index (χ1n) is 9.17. The fourth-order valence-electron chi connectivity index (χ4n) is 3.25. The Kier molecular flexibility index (Phi) is 6.29. The smallest absolute Gasteiger partial charge is 0.311 e. The predicted octanol–water partition coefficient (Wildman–Crippen LogP) is 3.89. The van der Waals surface area contributed by atoms with Crippen LogP contribution in [0.25, 0.3) is 0 Å². The average Bonchev–Trinajstić information content (AvgIpc) is 2.70. The molecule has 0 unspecified atom stereocenters. The SMILES string of the molecule is C[C@@H]1OC(=O)[C@@H](C)COC[C@H](Cc2ccccc2)[C@H]1Oc1ccccc1. The summed E-state index contributed by atoms with van der Waals surface area (Å²) in [7, 11) is 0. The third-order valence-electron chi connectivity index (χ3n) is 4.69. The van der Waals surface area contributed by atoms with Crippen LogP contribution in [0.2, 0.25) is 0 Å². The standard InChI is InChI=1S/C22H26O4/c1-16-14-24-15-19(13-18-9-5-3-6-10-18)21(17(2)25-22(16)23)26-20-11-7-4-8-12-20/h3-12,16-17,19,21H,13-15H2,1-2H3/t16-,17-,19-,21-/m0/s1. The molecule has 0 amide bonds. The fourth-order valence-corrected chi connectivity index (χ4v) is 3.25. The van der Waals surface area contributed by atoms with Gasteiger partial charge in [-0.05, 0) is 38.0 Å². The molecule has 0 saturated carbocycles. The Balaban J connectivity index is 1.85. The van der Waals surface area contributed by atoms with Gasteiger partial charge < -0.3 is 14.2 Å². The van der Waals surface area contributed by atoms with Gasteiger partial charge in [0.05, 0.1) is 19.1 Å². The van der Waals surface area contributed by atoms with E-state index in [0.29, 0.717) is 13.2 Å². The van der Waals surface area contributed by atoms with Crippen LogP contribution in [0.1, 0.15) is 19.4 Å². The molecule has 2 aromatic carbocycles. The van der Waals surface area contributed by atoms with E-state index in [9.17, 15) is 4.79 Å². The second-order valence-electron chi connectivity index (χ2n) is 6.93. The van der Waals surface area contributed by atoms with Crippen molar-refractivity contribution < 1.29 is 19.0 Å². The summed E-state index contributed by atoms with van der Waals surface area (Å²) >= 11 is 0. The molecule has 26 heavy (non-hydrogen) atoms. The number of benzene rings is 2. The molecule has 0 N–H and O–H groups in total. The van der Waals surface area contributed by atoms with Crippen LogP contribution >= 0.6 is 0 Å². The van der Waals surface area contributed by atoms with Gasteiger partial charge in [-0.2, -0.15) is 0 Å². The molecule has 3 rings (SSSR count). The number of cyclic esters (lactones) is 1. The van der Waals surface area contributed by atoms with E-state index in [1.54, 1.807) is 0 Å². The maximum absolute atomic E-state index is 12.2. The Labute approximate surface area is 155 Å². The Morgan fingerprint density at radius 3 is 2.31 bits per heavy atom. The molecule has 4 atom stereocenters. The van der Waals surface area contributed by atoms with Gasteiger partial charge in [0, 0.05) is 5.92 Å². The predicted molar refractivity (Wildman–Crippen MR) is 100 cm³/mol. The van der Waals surface area contributed by atoms with Crippen LogP contribution in [0, 0.1) is 11.8 Å². The molecule has 4 nitrogen and oxygen atoms in total. The van der Waals surface area contributed by atoms with Crippen LogP contribution in [0.15, 0.2) is 60.7 Å². The van der Waals surface area contributed by atoms with Gasteiger partial charge in [0.25, 0.3) is 0 Å². The molecule has 0 radical (unpaired) electrons. The largest absolute Gasteiger partial charge is 0.486 e. The van der Waals surface area contributed by atoms with Gasteiger partial charge >= 0.3 is 5.97 Å². The van der Waals surface area contributed by atoms with Gasteiger partial charge in [-0.3, -0.25) is 4.79 Å². The molecule has 1 heterocycles. The number of rotatable bonds is 4. The molecule has 0 aromatic heterocycles. The molecule has 1 fully saturated rings. The van der Waals surface area contributed by atoms with E-state index >= 15 is 0 Å². The minimum atomic E-state index is -0.361. The summed E-state index contributed by atoms with van der Waals surface area (Å²) in [6.45, 7) is 4.63. The van der Waals surface area contributed by atoms with Crippen LogP contribution in [0.4, 0.5) is 0 Å². The zero-order valence-electron chi connectivity index (χ0n) is 15.3. The number of carbonyl (C=O) groups is 1. The maximum atomic E-state index is 12.2. The van der Waals surface area contributed by atoms with Crippen LogP contribution in [0.5, 0.6) is 5.75 Å². The first-order chi connectivity index (χ1) is 12.6. The molecule has 0 spiro atoms. The van der Waals surface area contributed by atoms with Crippen LogP contribution in [-0.2, 0) is 20.7 Å². The number of hydrogen-bond acceptors (Lipinski definition) is 4. The molecule has 1 aliphatic rings. The van der Waals surface area contributed by atoms with Crippen molar-refractivity contribution in [1.82, 2.24) is 0 Å². The summed E-state index contributed by atoms with van der Waals surface area (Å²) in [6.07, 6.45) is 0.154. The lowest BCUT2D eigenvalue weighted by atomic mass is 9.91. The summed E-state index contributed by atoms with van der Waals surface area (Å²) in [6, 6.07) is 19.9. The summed E-state index contributed by atoms with van der Waals surface area (Å²) in [5.41, 5.74) is 1.22. The topological polar surface area (TPSA) is 44.8 Å². The lowest BCUT2D eigenvalue weighted by Gasteiger charge is -2.31. The van der Waals surface area contributed by atoms with Crippen LogP contribution in [-0.4, -0.2) is 31.4 Å². The minimum Gasteiger partial charge on any atom is -0.486 e. The maximum Gasteiger partial charge on any atom is 0.311 e. The molecule has 4 heteroatoms. The van der Waals surface area contributed by atoms with Crippen LogP contribution in [0.3, 0.4) is 0 Å². The van der Waals surface area contributed by atoms with E-state index < -0.39 is 0 Å². The van der Waals surface area contributed by atoms with E-state index in [1.807, 2.05) is 62.4 Å². The number of esters is 1. The highest BCUT2D eigenvalue weighted by Crippen LogP contribution is 2.25. The number of carbonyl (C=O) groups excluding carboxylic acids is 1. The van der Waals surface area contributed by atoms with Crippen LogP contribution < -0.4 is 4.74 Å². The van der Waals surface area contributed by atoms with Crippen molar-refractivity contribution in [2.24, 2.45) is 11.8 Å². The lowest BCUT2D eigenvalue weighted by Crippen LogP contribution is -2.42. The Hall–Kier alpha value is -2.33. The van der Waals surface area contributed by atoms with Crippen molar-refractivity contribution >= 4 is 5.97 Å². The summed E-state index contributed by atoms with van der Waals surface area (Å²) in [5, 5.41) is 0. The second kappa shape index (κ2) is 8.86. The Morgan fingerprint density at radius 2 is 1.62 bits per heavy atom. The monoisotopic (exact) mass is 354 g/mol. The molecule has 138 valence electrons. The van der Waals surface area contributed by atoms with Crippen molar-refractivity contribution in [3.05, 3.63) is 66.2 Å². The molecular formula is C22H26O4. The quantitative estimate of drug-likeness (QED) is 0.782. The van der Waals surface area contributed by atoms with Crippen molar-refractivity contribution in [3.63, 3.8) is 0 Å². The molecule has 1 saturated heterocycles. The zero-order valence-corrected chi connectivity index (χ0v) is 15.3. The first kappa shape index (κ1) is 18.5. The third kappa shape index (κ3) is 4.85. The number of hydrogen-bond donors (Lipinski definition) is 0. The minimum absolute atomic E-state index is 0.0747. The fraction of sp³-hybridized carbons (Fsp3) is 0.409. The van der Waals surface area contributed by atoms with Crippen molar-refractivity contribution in [2.75, 3.05) is 13.2 Å². The normalized spacial score (nSPS) is 26.9. The van der Waals surface area contributed by atoms with Crippen molar-refractivity contribution in [2.45, 2.75) is 32.5 Å². The summed E-state index contributed by atoms with van der Waals surface area (Å²) in [5.74, 6) is 0.335. The van der Waals surface area contributed by atoms with E-state index in [-0.39, 0.29) is 30.0 Å². The first-order valence-corrected chi connectivity index (χ1v) is 9.17. The van der Waals surface area contributed by atoms with Crippen molar-refractivity contribution in [3.8, 4) is 5.75 Å². The molecule has 0 aliphatic carbocycles. The third-order valence-corrected chi connectivity index (χ3v) is 4.69. The Morgan fingerprint density at radius 1 is 0.962 bits per heavy atom. The van der Waals surface area contributed by atoms with Gasteiger partial charge in [-0.25, -0.2) is 0 Å². The number of ether oxygens (including phenoxy) is 3. The van der Waals surface area contributed by atoms with Crippen molar-refractivity contribution in [1.29, 1.82) is 0 Å². The molecule has 2 aromatic rings. The van der Waals surface area contributed by atoms with E-state index in [4.69, 9.17) is 14.2 Å². The van der Waals surface area contributed by atoms with Gasteiger partial charge in [-0.15, -0.1) is 0 Å². The highest BCUT2D eigenvalue weighted by atomic mass is 16.6. The van der Waals surface area contributed by atoms with Gasteiger partial charge in [-0.1, -0.05) is 48.5 Å². The number of para-hydroxylation sites is 1. The zero-order chi connectivity index (χ0) is 18.4. The second-order valence-corrected chi connectivity index (χ2v) is 6.93. The molecular weight excluding hydrogens is 328 g/mol. The molecule has 0 bridgehead atoms. The van der Waals surface area contributed by atoms with Gasteiger partial charge in [0.1, 0.15) is 18.0 Å². The highest BCUT2D eigenvalue weighted by Gasteiger charge is 2.34. The van der Waals surface area contributed by atoms with E-state index in [2.05, 4.69) is 12.1 Å². The Bertz CT molecular complexity index is 686. The lowest BCUT2D eigenvalue weighted by molar-refractivity contribution is -0.158. The highest BCUT2D eigenvalue weighted by molar-refractivity contribution is 5.72. The molecule has 1 aliphatic heterocycles. The summed E-state index contributed by atoms with van der Waals surface area (Å²) < 4.78 is 17.8. The van der Waals surface area contributed by atoms with E-state index in [1.165, 1.54) is 5.56 Å². The van der Waals surface area contributed by atoms with Gasteiger partial charge in [0.2, 0.25) is 0 Å². The average molecular weight is 354 g/mol. The van der Waals surface area contributed by atoms with E-state index in [0.717, 1.165) is 12.2 Å². The van der Waals surface area contributed by atoms with Gasteiger partial charge in [0.15, 0.2) is 0 Å².